The quantitative estimate of drug-likeness (QED) is 0.797. The molecule has 0 heterocycles. The molecule has 0 saturated carbocycles. The minimum atomic E-state index is -0.142. The zero-order valence-corrected chi connectivity index (χ0v) is 9.81. The summed E-state index contributed by atoms with van der Waals surface area (Å²) in [6.45, 7) is 3.83. The molecule has 0 aliphatic rings. The average molecular weight is 221 g/mol. The van der Waals surface area contributed by atoms with E-state index < -0.39 is 0 Å². The lowest BCUT2D eigenvalue weighted by Crippen LogP contribution is -2.31. The molecule has 1 amide bonds. The van der Waals surface area contributed by atoms with Gasteiger partial charge in [0.25, 0.3) is 0 Å². The van der Waals surface area contributed by atoms with Gasteiger partial charge in [0.1, 0.15) is 0 Å². The lowest BCUT2D eigenvalue weighted by Gasteiger charge is -2.17. The average Bonchev–Trinajstić information content (AvgIpc) is 2.30. The van der Waals surface area contributed by atoms with Gasteiger partial charge in [-0.25, -0.2) is 0 Å². The molecule has 1 aromatic rings. The fraction of sp³-hybridized carbons (Fsp3) is 0.462. The number of aliphatic hydroxyl groups excluding tert-OH is 1. The highest BCUT2D eigenvalue weighted by molar-refractivity contribution is 5.78. The Labute approximate surface area is 96.5 Å². The summed E-state index contributed by atoms with van der Waals surface area (Å²) in [5.74, 6) is -0.151. The van der Waals surface area contributed by atoms with Gasteiger partial charge in [-0.05, 0) is 18.9 Å². The van der Waals surface area contributed by atoms with Crippen LogP contribution in [0.2, 0.25) is 0 Å². The Morgan fingerprint density at radius 3 is 2.50 bits per heavy atom. The van der Waals surface area contributed by atoms with E-state index in [1.54, 1.807) is 0 Å². The summed E-state index contributed by atoms with van der Waals surface area (Å²) >= 11 is 0. The molecule has 16 heavy (non-hydrogen) atoms. The van der Waals surface area contributed by atoms with Gasteiger partial charge in [-0.2, -0.15) is 0 Å². The van der Waals surface area contributed by atoms with E-state index in [0.29, 0.717) is 6.42 Å². The number of carbonyl (C=O) groups is 1. The van der Waals surface area contributed by atoms with Crippen LogP contribution >= 0.6 is 0 Å². The highest BCUT2D eigenvalue weighted by Gasteiger charge is 2.15. The summed E-state index contributed by atoms with van der Waals surface area (Å²) in [7, 11) is 0. The Balaban J connectivity index is 2.51. The Kier molecular flexibility index (Phi) is 4.99. The van der Waals surface area contributed by atoms with Crippen molar-refractivity contribution in [1.29, 1.82) is 0 Å². The van der Waals surface area contributed by atoms with Gasteiger partial charge >= 0.3 is 0 Å². The van der Waals surface area contributed by atoms with Crippen LogP contribution in [-0.2, 0) is 4.79 Å². The lowest BCUT2D eigenvalue weighted by atomic mass is 10.1. The van der Waals surface area contributed by atoms with E-state index >= 15 is 0 Å². The molecule has 0 spiro atoms. The molecular formula is C13H19NO2. The van der Waals surface area contributed by atoms with Crippen LogP contribution < -0.4 is 5.32 Å². The number of hydrogen-bond acceptors (Lipinski definition) is 2. The number of hydrogen-bond donors (Lipinski definition) is 2. The second-order valence-electron chi connectivity index (χ2n) is 4.05. The molecule has 0 aliphatic heterocycles. The molecule has 0 bridgehead atoms. The van der Waals surface area contributed by atoms with Gasteiger partial charge in [-0.3, -0.25) is 4.79 Å². The fourth-order valence-corrected chi connectivity index (χ4v) is 1.51. The van der Waals surface area contributed by atoms with Crippen molar-refractivity contribution in [2.24, 2.45) is 5.92 Å². The fourth-order valence-electron chi connectivity index (χ4n) is 1.51. The minimum absolute atomic E-state index is 0.00889. The molecule has 1 rings (SSSR count). The molecule has 3 heteroatoms. The van der Waals surface area contributed by atoms with Crippen molar-refractivity contribution < 1.29 is 9.90 Å². The topological polar surface area (TPSA) is 49.3 Å². The number of carbonyl (C=O) groups excluding carboxylic acids is 1. The first kappa shape index (κ1) is 12.7. The first-order chi connectivity index (χ1) is 7.65. The molecule has 0 radical (unpaired) electrons. The van der Waals surface area contributed by atoms with E-state index in [1.807, 2.05) is 44.2 Å². The molecule has 1 aromatic carbocycles. The van der Waals surface area contributed by atoms with Gasteiger partial charge < -0.3 is 10.4 Å². The van der Waals surface area contributed by atoms with Gasteiger partial charge in [0.15, 0.2) is 0 Å². The highest BCUT2D eigenvalue weighted by atomic mass is 16.3. The number of amides is 1. The number of nitrogens with one attached hydrogen (secondary N) is 1. The molecule has 2 N–H and O–H groups in total. The molecular weight excluding hydrogens is 202 g/mol. The van der Waals surface area contributed by atoms with Gasteiger partial charge in [-0.15, -0.1) is 0 Å². The van der Waals surface area contributed by atoms with Crippen molar-refractivity contribution in [1.82, 2.24) is 5.32 Å². The second kappa shape index (κ2) is 6.28. The van der Waals surface area contributed by atoms with Crippen molar-refractivity contribution in [3.63, 3.8) is 0 Å². The third-order valence-corrected chi connectivity index (χ3v) is 2.67. The molecule has 0 aromatic heterocycles. The summed E-state index contributed by atoms with van der Waals surface area (Å²) < 4.78 is 0. The van der Waals surface area contributed by atoms with E-state index in [4.69, 9.17) is 5.11 Å². The lowest BCUT2D eigenvalue weighted by molar-refractivity contribution is -0.125. The predicted octanol–water partition coefficient (Wildman–Crippen LogP) is 1.88. The first-order valence-electron chi connectivity index (χ1n) is 5.61. The van der Waals surface area contributed by atoms with Crippen LogP contribution in [0.5, 0.6) is 0 Å². The number of rotatable bonds is 5. The Morgan fingerprint density at radius 1 is 1.31 bits per heavy atom. The Morgan fingerprint density at radius 2 is 1.94 bits per heavy atom. The predicted molar refractivity (Wildman–Crippen MR) is 63.9 cm³/mol. The molecule has 3 nitrogen and oxygen atoms in total. The van der Waals surface area contributed by atoms with Gasteiger partial charge in [0.2, 0.25) is 5.91 Å². The highest BCUT2D eigenvalue weighted by Crippen LogP contribution is 2.12. The Bertz CT molecular complexity index is 324. The van der Waals surface area contributed by atoms with Gasteiger partial charge in [0, 0.05) is 12.5 Å². The van der Waals surface area contributed by atoms with Crippen LogP contribution in [0, 0.1) is 5.92 Å². The summed E-state index contributed by atoms with van der Waals surface area (Å²) in [6.07, 6.45) is 0.507. The minimum Gasteiger partial charge on any atom is -0.396 e. The van der Waals surface area contributed by atoms with Crippen molar-refractivity contribution in [3.8, 4) is 0 Å². The largest absolute Gasteiger partial charge is 0.396 e. The summed E-state index contributed by atoms with van der Waals surface area (Å²) in [4.78, 5) is 11.7. The standard InChI is InChI=1S/C13H19NO2/c1-10(8-9-15)13(16)14-11(2)12-6-4-3-5-7-12/h3-7,10-11,15H,8-9H2,1-2H3,(H,14,16)/t10-,11-/m1/s1. The zero-order chi connectivity index (χ0) is 12.0. The zero-order valence-electron chi connectivity index (χ0n) is 9.81. The second-order valence-corrected chi connectivity index (χ2v) is 4.05. The van der Waals surface area contributed by atoms with E-state index in [1.165, 1.54) is 0 Å². The van der Waals surface area contributed by atoms with E-state index in [-0.39, 0.29) is 24.5 Å². The Hall–Kier alpha value is -1.35. The third kappa shape index (κ3) is 3.66. The normalized spacial score (nSPS) is 14.2. The van der Waals surface area contributed by atoms with E-state index in [0.717, 1.165) is 5.56 Å². The number of aliphatic hydroxyl groups is 1. The third-order valence-electron chi connectivity index (χ3n) is 2.67. The molecule has 88 valence electrons. The maximum atomic E-state index is 11.7. The smallest absolute Gasteiger partial charge is 0.223 e. The van der Waals surface area contributed by atoms with Crippen LogP contribution in [0.4, 0.5) is 0 Å². The van der Waals surface area contributed by atoms with Gasteiger partial charge in [0.05, 0.1) is 6.04 Å². The van der Waals surface area contributed by atoms with E-state index in [2.05, 4.69) is 5.32 Å². The molecule has 0 fully saturated rings. The van der Waals surface area contributed by atoms with Crippen LogP contribution in [-0.4, -0.2) is 17.6 Å². The molecule has 2 atom stereocenters. The SMILES string of the molecule is C[C@H](CCO)C(=O)N[C@H](C)c1ccccc1. The summed E-state index contributed by atoms with van der Waals surface area (Å²) in [6, 6.07) is 9.84. The van der Waals surface area contributed by atoms with Crippen LogP contribution in [0.1, 0.15) is 31.9 Å². The summed E-state index contributed by atoms with van der Waals surface area (Å²) in [5, 5.41) is 11.7. The van der Waals surface area contributed by atoms with Crippen molar-refractivity contribution in [3.05, 3.63) is 35.9 Å². The first-order valence-corrected chi connectivity index (χ1v) is 5.61. The van der Waals surface area contributed by atoms with Crippen molar-refractivity contribution in [2.45, 2.75) is 26.3 Å². The van der Waals surface area contributed by atoms with Gasteiger partial charge in [-0.1, -0.05) is 37.3 Å². The molecule has 0 aliphatic carbocycles. The number of benzene rings is 1. The van der Waals surface area contributed by atoms with Crippen LogP contribution in [0.25, 0.3) is 0 Å². The monoisotopic (exact) mass is 221 g/mol. The van der Waals surface area contributed by atoms with Crippen LogP contribution in [0.3, 0.4) is 0 Å². The maximum absolute atomic E-state index is 11.7. The molecule has 0 unspecified atom stereocenters. The van der Waals surface area contributed by atoms with Crippen molar-refractivity contribution in [2.75, 3.05) is 6.61 Å². The molecule has 0 saturated heterocycles. The maximum Gasteiger partial charge on any atom is 0.223 e. The van der Waals surface area contributed by atoms with Crippen molar-refractivity contribution >= 4 is 5.91 Å². The van der Waals surface area contributed by atoms with E-state index in [9.17, 15) is 4.79 Å². The van der Waals surface area contributed by atoms with Crippen LogP contribution in [0.15, 0.2) is 30.3 Å². The summed E-state index contributed by atoms with van der Waals surface area (Å²) in [5.41, 5.74) is 1.09.